The maximum absolute atomic E-state index is 13.5. The number of amidine groups is 1. The first-order valence-electron chi connectivity index (χ1n) is 9.99. The van der Waals surface area contributed by atoms with Gasteiger partial charge in [-0.3, -0.25) is 9.69 Å². The van der Waals surface area contributed by atoms with E-state index < -0.39 is 0 Å². The standard InChI is InChI=1S/C23H21FN4O2S/c1-3-7-20-26-21(30-27-20)15(2)31-23-25-19(14-16-8-5-4-6-9-16)22(29)28(23)18-12-10-17(24)11-13-18/h4-6,8-15H,3,7H2,1-2H3/b19-14+/t15-/m0/s1. The Hall–Kier alpha value is -3.26. The van der Waals surface area contributed by atoms with E-state index in [0.717, 1.165) is 18.4 Å². The van der Waals surface area contributed by atoms with Gasteiger partial charge in [-0.05, 0) is 49.2 Å². The molecule has 158 valence electrons. The molecule has 2 heterocycles. The summed E-state index contributed by atoms with van der Waals surface area (Å²) >= 11 is 1.34. The van der Waals surface area contributed by atoms with E-state index in [4.69, 9.17) is 4.52 Å². The normalized spacial score (nSPS) is 16.1. The molecule has 8 heteroatoms. The highest BCUT2D eigenvalue weighted by Crippen LogP contribution is 2.36. The first-order chi connectivity index (χ1) is 15.0. The van der Waals surface area contributed by atoms with Crippen LogP contribution in [-0.4, -0.2) is 21.2 Å². The summed E-state index contributed by atoms with van der Waals surface area (Å²) in [5, 5.41) is 4.26. The largest absolute Gasteiger partial charge is 0.338 e. The van der Waals surface area contributed by atoms with E-state index in [0.29, 0.717) is 28.3 Å². The van der Waals surface area contributed by atoms with Crippen molar-refractivity contribution in [2.24, 2.45) is 4.99 Å². The third-order valence-electron chi connectivity index (χ3n) is 4.60. The molecule has 3 aromatic rings. The predicted molar refractivity (Wildman–Crippen MR) is 120 cm³/mol. The molecule has 0 unspecified atom stereocenters. The van der Waals surface area contributed by atoms with Gasteiger partial charge in [0.05, 0.1) is 10.9 Å². The molecule has 0 aliphatic carbocycles. The second-order valence-electron chi connectivity index (χ2n) is 7.01. The number of benzene rings is 2. The Bertz CT molecular complexity index is 1130. The van der Waals surface area contributed by atoms with Gasteiger partial charge in [0, 0.05) is 6.42 Å². The molecule has 1 atom stereocenters. The number of anilines is 1. The highest BCUT2D eigenvalue weighted by molar-refractivity contribution is 8.14. The van der Waals surface area contributed by atoms with Gasteiger partial charge in [0.25, 0.3) is 5.91 Å². The maximum Gasteiger partial charge on any atom is 0.283 e. The summed E-state index contributed by atoms with van der Waals surface area (Å²) in [4.78, 5) is 23.7. The zero-order valence-corrected chi connectivity index (χ0v) is 18.0. The molecule has 0 bridgehead atoms. The third kappa shape index (κ3) is 4.74. The second kappa shape index (κ2) is 9.26. The number of aryl methyl sites for hydroxylation is 1. The Labute approximate surface area is 183 Å². The van der Waals surface area contributed by atoms with Crippen LogP contribution in [0.1, 0.15) is 42.8 Å². The predicted octanol–water partition coefficient (Wildman–Crippen LogP) is 5.40. The molecule has 1 aliphatic rings. The van der Waals surface area contributed by atoms with Crippen molar-refractivity contribution in [2.75, 3.05) is 4.90 Å². The van der Waals surface area contributed by atoms with Crippen LogP contribution in [0.25, 0.3) is 6.08 Å². The van der Waals surface area contributed by atoms with Gasteiger partial charge in [-0.2, -0.15) is 4.98 Å². The average molecular weight is 437 g/mol. The topological polar surface area (TPSA) is 71.6 Å². The second-order valence-corrected chi connectivity index (χ2v) is 8.32. The molecule has 0 radical (unpaired) electrons. The first-order valence-corrected chi connectivity index (χ1v) is 10.9. The summed E-state index contributed by atoms with van der Waals surface area (Å²) in [5.41, 5.74) is 1.72. The Balaban J connectivity index is 1.66. The Kier molecular flexibility index (Phi) is 6.27. The van der Waals surface area contributed by atoms with Crippen molar-refractivity contribution in [1.29, 1.82) is 0 Å². The van der Waals surface area contributed by atoms with Gasteiger partial charge in [0.15, 0.2) is 11.0 Å². The van der Waals surface area contributed by atoms with Crippen molar-refractivity contribution in [3.63, 3.8) is 0 Å². The molecule has 6 nitrogen and oxygen atoms in total. The SMILES string of the molecule is CCCc1noc([C@H](C)SC2=N/C(=C/c3ccccc3)C(=O)N2c2ccc(F)cc2)n1. The highest BCUT2D eigenvalue weighted by Gasteiger charge is 2.34. The number of nitrogens with zero attached hydrogens (tertiary/aromatic N) is 4. The van der Waals surface area contributed by atoms with Crippen LogP contribution in [0.3, 0.4) is 0 Å². The van der Waals surface area contributed by atoms with E-state index in [1.54, 1.807) is 18.2 Å². The number of thioether (sulfide) groups is 1. The molecule has 4 rings (SSSR count). The van der Waals surface area contributed by atoms with Gasteiger partial charge in [-0.15, -0.1) is 0 Å². The monoisotopic (exact) mass is 436 g/mol. The summed E-state index contributed by atoms with van der Waals surface area (Å²) in [7, 11) is 0. The number of aliphatic imine (C=N–C) groups is 1. The maximum atomic E-state index is 13.5. The van der Waals surface area contributed by atoms with E-state index in [-0.39, 0.29) is 17.0 Å². The molecule has 0 saturated heterocycles. The summed E-state index contributed by atoms with van der Waals surface area (Å²) in [6, 6.07) is 15.3. The van der Waals surface area contributed by atoms with Gasteiger partial charge in [-0.1, -0.05) is 54.2 Å². The van der Waals surface area contributed by atoms with Crippen molar-refractivity contribution < 1.29 is 13.7 Å². The fraction of sp³-hybridized carbons (Fsp3) is 0.217. The minimum absolute atomic E-state index is 0.219. The number of amides is 1. The molecular weight excluding hydrogens is 415 g/mol. The van der Waals surface area contributed by atoms with Crippen LogP contribution in [0.4, 0.5) is 10.1 Å². The van der Waals surface area contributed by atoms with Crippen LogP contribution >= 0.6 is 11.8 Å². The third-order valence-corrected chi connectivity index (χ3v) is 5.64. The Morgan fingerprint density at radius 3 is 2.61 bits per heavy atom. The Morgan fingerprint density at radius 2 is 1.90 bits per heavy atom. The fourth-order valence-electron chi connectivity index (χ4n) is 3.07. The highest BCUT2D eigenvalue weighted by atomic mass is 32.2. The zero-order valence-electron chi connectivity index (χ0n) is 17.2. The number of carbonyl (C=O) groups excluding carboxylic acids is 1. The van der Waals surface area contributed by atoms with Crippen molar-refractivity contribution in [2.45, 2.75) is 31.9 Å². The molecule has 1 aromatic heterocycles. The molecule has 1 amide bonds. The number of carbonyl (C=O) groups is 1. The number of hydrogen-bond donors (Lipinski definition) is 0. The van der Waals surface area contributed by atoms with Crippen molar-refractivity contribution in [3.05, 3.63) is 83.4 Å². The number of rotatable bonds is 6. The van der Waals surface area contributed by atoms with E-state index in [9.17, 15) is 9.18 Å². The lowest BCUT2D eigenvalue weighted by Crippen LogP contribution is -2.30. The van der Waals surface area contributed by atoms with Crippen LogP contribution in [0, 0.1) is 5.82 Å². The van der Waals surface area contributed by atoms with E-state index >= 15 is 0 Å². The van der Waals surface area contributed by atoms with Crippen LogP contribution in [0.15, 0.2) is 69.8 Å². The van der Waals surface area contributed by atoms with E-state index in [2.05, 4.69) is 15.1 Å². The van der Waals surface area contributed by atoms with Crippen molar-refractivity contribution >= 4 is 34.6 Å². The van der Waals surface area contributed by atoms with Gasteiger partial charge in [0.1, 0.15) is 11.5 Å². The summed E-state index contributed by atoms with van der Waals surface area (Å²) in [5.74, 6) is 0.490. The van der Waals surface area contributed by atoms with Crippen LogP contribution in [0.5, 0.6) is 0 Å². The quantitative estimate of drug-likeness (QED) is 0.484. The zero-order chi connectivity index (χ0) is 21.8. The van der Waals surface area contributed by atoms with E-state index in [1.165, 1.54) is 28.8 Å². The average Bonchev–Trinajstić information content (AvgIpc) is 3.35. The summed E-state index contributed by atoms with van der Waals surface area (Å²) in [6.45, 7) is 3.97. The fourth-order valence-corrected chi connectivity index (χ4v) is 4.02. The Morgan fingerprint density at radius 1 is 1.16 bits per heavy atom. The van der Waals surface area contributed by atoms with Crippen LogP contribution in [-0.2, 0) is 11.2 Å². The smallest absolute Gasteiger partial charge is 0.283 e. The van der Waals surface area contributed by atoms with Gasteiger partial charge < -0.3 is 4.52 Å². The van der Waals surface area contributed by atoms with Crippen molar-refractivity contribution in [1.82, 2.24) is 10.1 Å². The molecule has 0 spiro atoms. The van der Waals surface area contributed by atoms with E-state index in [1.807, 2.05) is 44.2 Å². The number of halogens is 1. The lowest BCUT2D eigenvalue weighted by Gasteiger charge is -2.19. The molecule has 2 aromatic carbocycles. The molecule has 0 fully saturated rings. The lowest BCUT2D eigenvalue weighted by molar-refractivity contribution is -0.113. The summed E-state index contributed by atoms with van der Waals surface area (Å²) < 4.78 is 18.8. The lowest BCUT2D eigenvalue weighted by atomic mass is 10.2. The minimum atomic E-state index is -0.371. The molecule has 1 aliphatic heterocycles. The molecule has 0 saturated carbocycles. The minimum Gasteiger partial charge on any atom is -0.338 e. The van der Waals surface area contributed by atoms with Crippen molar-refractivity contribution in [3.8, 4) is 0 Å². The number of aromatic nitrogens is 2. The van der Waals surface area contributed by atoms with Crippen LogP contribution < -0.4 is 4.90 Å². The summed E-state index contributed by atoms with van der Waals surface area (Å²) in [6.07, 6.45) is 3.41. The first kappa shape index (κ1) is 21.0. The number of hydrogen-bond acceptors (Lipinski definition) is 6. The molecular formula is C23H21FN4O2S. The van der Waals surface area contributed by atoms with Gasteiger partial charge in [-0.25, -0.2) is 9.38 Å². The molecule has 0 N–H and O–H groups in total. The van der Waals surface area contributed by atoms with Gasteiger partial charge >= 0.3 is 0 Å². The van der Waals surface area contributed by atoms with Crippen LogP contribution in [0.2, 0.25) is 0 Å². The van der Waals surface area contributed by atoms with Gasteiger partial charge in [0.2, 0.25) is 5.89 Å². The molecule has 31 heavy (non-hydrogen) atoms.